The third-order valence-electron chi connectivity index (χ3n) is 8.81. The average Bonchev–Trinajstić information content (AvgIpc) is 3.55. The van der Waals surface area contributed by atoms with Crippen LogP contribution in [0.25, 0.3) is 0 Å². The molecule has 1 saturated heterocycles. The maximum Gasteiger partial charge on any atom is 0.422 e. The number of esters is 2. The van der Waals surface area contributed by atoms with Gasteiger partial charge in [0.2, 0.25) is 6.79 Å². The van der Waals surface area contributed by atoms with Gasteiger partial charge in [-0.15, -0.1) is 0 Å². The molecule has 0 radical (unpaired) electrons. The molecule has 3 heterocycles. The number of halogens is 3. The zero-order chi connectivity index (χ0) is 30.5. The van der Waals surface area contributed by atoms with Crippen LogP contribution in [-0.2, 0) is 25.5 Å². The van der Waals surface area contributed by atoms with Gasteiger partial charge < -0.3 is 29.2 Å². The van der Waals surface area contributed by atoms with Crippen molar-refractivity contribution < 1.29 is 51.9 Å². The summed E-state index contributed by atoms with van der Waals surface area (Å²) in [6.07, 6.45) is -1.95. The van der Waals surface area contributed by atoms with Crippen LogP contribution in [-0.4, -0.2) is 82.6 Å². The topological polar surface area (TPSA) is 115 Å². The molecule has 1 aromatic carbocycles. The third kappa shape index (κ3) is 6.12. The van der Waals surface area contributed by atoms with Crippen molar-refractivity contribution in [2.24, 2.45) is 0 Å². The molecule has 1 spiro atoms. The van der Waals surface area contributed by atoms with Gasteiger partial charge in [-0.2, -0.15) is 13.2 Å². The molecular weight excluding hydrogens is 559 g/mol. The summed E-state index contributed by atoms with van der Waals surface area (Å²) in [6.45, 7) is 4.89. The summed E-state index contributed by atoms with van der Waals surface area (Å²) < 4.78 is 59.7. The molecule has 2 unspecified atom stereocenters. The Morgan fingerprint density at radius 3 is 2.52 bits per heavy atom. The number of ether oxygens (including phenoxy) is 4. The van der Waals surface area contributed by atoms with E-state index in [-0.39, 0.29) is 32.0 Å². The molecule has 1 aliphatic carbocycles. The van der Waals surface area contributed by atoms with Crippen molar-refractivity contribution >= 4 is 11.9 Å². The van der Waals surface area contributed by atoms with E-state index in [1.54, 1.807) is 13.8 Å². The summed E-state index contributed by atoms with van der Waals surface area (Å²) >= 11 is 0. The molecule has 0 aromatic heterocycles. The molecule has 12 heteroatoms. The molecule has 1 aromatic rings. The molecule has 232 valence electrons. The van der Waals surface area contributed by atoms with Crippen LogP contribution < -0.4 is 9.47 Å². The summed E-state index contributed by atoms with van der Waals surface area (Å²) in [6, 6.07) is 3.90. The Morgan fingerprint density at radius 2 is 1.83 bits per heavy atom. The van der Waals surface area contributed by atoms with E-state index in [4.69, 9.17) is 14.2 Å². The molecule has 0 bridgehead atoms. The fraction of sp³-hybridized carbons (Fsp3) is 0.667. The number of nitrogens with zero attached hydrogens (tertiary/aromatic N) is 1. The maximum atomic E-state index is 13.8. The molecule has 0 saturated carbocycles. The number of benzene rings is 1. The Labute approximate surface area is 242 Å². The normalized spacial score (nSPS) is 26.4. The highest BCUT2D eigenvalue weighted by Gasteiger charge is 2.57. The van der Waals surface area contributed by atoms with E-state index >= 15 is 0 Å². The highest BCUT2D eigenvalue weighted by atomic mass is 19.4. The van der Waals surface area contributed by atoms with Crippen LogP contribution in [0, 0.1) is 0 Å². The molecule has 0 amide bonds. The van der Waals surface area contributed by atoms with E-state index in [0.29, 0.717) is 11.5 Å². The number of fused-ring (bicyclic) bond motifs is 3. The van der Waals surface area contributed by atoms with Crippen LogP contribution in [0.5, 0.6) is 11.5 Å². The molecule has 2 N–H and O–H groups in total. The number of alkyl halides is 3. The van der Waals surface area contributed by atoms with E-state index in [9.17, 15) is 33.0 Å². The maximum absolute atomic E-state index is 13.8. The fourth-order valence-corrected chi connectivity index (χ4v) is 6.95. The van der Waals surface area contributed by atoms with Crippen LogP contribution in [0.2, 0.25) is 0 Å². The summed E-state index contributed by atoms with van der Waals surface area (Å²) in [7, 11) is 0. The van der Waals surface area contributed by atoms with Crippen molar-refractivity contribution in [3.63, 3.8) is 0 Å². The first kappa shape index (κ1) is 30.6. The summed E-state index contributed by atoms with van der Waals surface area (Å²) in [5.41, 5.74) is -1.24. The van der Waals surface area contributed by atoms with Gasteiger partial charge in [0, 0.05) is 12.5 Å². The lowest BCUT2D eigenvalue weighted by Crippen LogP contribution is -2.49. The highest BCUT2D eigenvalue weighted by Crippen LogP contribution is 2.55. The van der Waals surface area contributed by atoms with Gasteiger partial charge in [0.05, 0.1) is 17.6 Å². The lowest BCUT2D eigenvalue weighted by atomic mass is 9.77. The predicted molar refractivity (Wildman–Crippen MR) is 143 cm³/mol. The van der Waals surface area contributed by atoms with E-state index in [1.807, 2.05) is 19.1 Å². The first-order valence-electron chi connectivity index (χ1n) is 14.4. The monoisotopic (exact) mass is 597 g/mol. The lowest BCUT2D eigenvalue weighted by molar-refractivity contribution is -0.193. The standard InChI is InChI=1S/C30H38F3NO8/c1-18-14-28-8-5-10-34(28)11-6-19-12-21-22(41-17-40-21)13-20(19)24(28)25(18)42-26(36)29(38,9-4-7-27(2,3)37)15-23(35)39-16-30(31,32)33/h12-14,24-25,37-38H,4-11,15-17H2,1-3H3/t24-,25?,28+,29?/m1/s1. The third-order valence-corrected chi connectivity index (χ3v) is 8.81. The first-order chi connectivity index (χ1) is 19.6. The van der Waals surface area contributed by atoms with Crippen LogP contribution in [0.4, 0.5) is 13.2 Å². The van der Waals surface area contributed by atoms with Gasteiger partial charge in [0.15, 0.2) is 23.7 Å². The molecule has 5 rings (SSSR count). The van der Waals surface area contributed by atoms with E-state index in [0.717, 1.165) is 49.1 Å². The molecular formula is C30H38F3NO8. The number of hydrogen-bond donors (Lipinski definition) is 2. The largest absolute Gasteiger partial charge is 0.456 e. The SMILES string of the molecule is CC1=C[C@]23CCCN2CCc2cc4c(cc2[C@@H]3C1OC(=O)C(O)(CCCC(C)(C)O)CC(=O)OCC(F)(F)F)OCO4. The van der Waals surface area contributed by atoms with Gasteiger partial charge in [-0.3, -0.25) is 9.69 Å². The van der Waals surface area contributed by atoms with Crippen molar-refractivity contribution in [2.45, 2.75) is 101 Å². The van der Waals surface area contributed by atoms with E-state index < -0.39 is 54.0 Å². The van der Waals surface area contributed by atoms with Crippen molar-refractivity contribution in [3.05, 3.63) is 34.9 Å². The number of carbonyl (C=O) groups excluding carboxylic acids is 2. The van der Waals surface area contributed by atoms with Crippen LogP contribution >= 0.6 is 0 Å². The Balaban J connectivity index is 1.44. The highest BCUT2D eigenvalue weighted by molar-refractivity contribution is 5.86. The molecule has 3 aliphatic heterocycles. The number of aliphatic hydroxyl groups is 2. The fourth-order valence-electron chi connectivity index (χ4n) is 6.95. The molecule has 42 heavy (non-hydrogen) atoms. The quantitative estimate of drug-likeness (QED) is 0.323. The summed E-state index contributed by atoms with van der Waals surface area (Å²) in [5.74, 6) is -1.58. The summed E-state index contributed by atoms with van der Waals surface area (Å²) in [4.78, 5) is 28.5. The molecule has 4 aliphatic rings. The van der Waals surface area contributed by atoms with Crippen LogP contribution in [0.1, 0.15) is 76.3 Å². The smallest absolute Gasteiger partial charge is 0.422 e. The number of hydrogen-bond acceptors (Lipinski definition) is 9. The van der Waals surface area contributed by atoms with Crippen LogP contribution in [0.15, 0.2) is 23.8 Å². The average molecular weight is 598 g/mol. The Kier molecular flexibility index (Phi) is 8.04. The second kappa shape index (κ2) is 11.0. The Morgan fingerprint density at radius 1 is 1.12 bits per heavy atom. The van der Waals surface area contributed by atoms with Gasteiger partial charge in [-0.25, -0.2) is 4.79 Å². The minimum Gasteiger partial charge on any atom is -0.456 e. The van der Waals surface area contributed by atoms with Gasteiger partial charge in [0.25, 0.3) is 0 Å². The van der Waals surface area contributed by atoms with Gasteiger partial charge in [-0.1, -0.05) is 6.08 Å². The Hall–Kier alpha value is -2.83. The minimum absolute atomic E-state index is 0.106. The Bertz CT molecular complexity index is 1260. The zero-order valence-electron chi connectivity index (χ0n) is 24.1. The van der Waals surface area contributed by atoms with Crippen molar-refractivity contribution in [1.29, 1.82) is 0 Å². The molecule has 9 nitrogen and oxygen atoms in total. The van der Waals surface area contributed by atoms with E-state index in [1.165, 1.54) is 0 Å². The number of rotatable bonds is 9. The van der Waals surface area contributed by atoms with Crippen molar-refractivity contribution in [3.8, 4) is 11.5 Å². The van der Waals surface area contributed by atoms with E-state index in [2.05, 4.69) is 15.7 Å². The van der Waals surface area contributed by atoms with Gasteiger partial charge in [0.1, 0.15) is 6.10 Å². The first-order valence-corrected chi connectivity index (χ1v) is 14.4. The van der Waals surface area contributed by atoms with Crippen molar-refractivity contribution in [2.75, 3.05) is 26.5 Å². The molecule has 4 atom stereocenters. The van der Waals surface area contributed by atoms with Crippen molar-refractivity contribution in [1.82, 2.24) is 4.90 Å². The molecule has 1 fully saturated rings. The predicted octanol–water partition coefficient (Wildman–Crippen LogP) is 3.93. The second-order valence-electron chi connectivity index (χ2n) is 12.6. The summed E-state index contributed by atoms with van der Waals surface area (Å²) in [5, 5.41) is 21.6. The zero-order valence-corrected chi connectivity index (χ0v) is 24.1. The second-order valence-corrected chi connectivity index (χ2v) is 12.6. The number of carbonyl (C=O) groups is 2. The lowest BCUT2D eigenvalue weighted by Gasteiger charge is -2.40. The van der Waals surface area contributed by atoms with Gasteiger partial charge >= 0.3 is 18.1 Å². The van der Waals surface area contributed by atoms with Gasteiger partial charge in [-0.05, 0) is 94.7 Å². The van der Waals surface area contributed by atoms with Crippen LogP contribution in [0.3, 0.4) is 0 Å². The minimum atomic E-state index is -4.76.